The Hall–Kier alpha value is 0.630. The maximum atomic E-state index is 10.0. The second kappa shape index (κ2) is 9.55. The van der Waals surface area contributed by atoms with Gasteiger partial charge >= 0.3 is 0 Å². The molecule has 0 rings (SSSR count). The molecule has 0 spiro atoms. The van der Waals surface area contributed by atoms with E-state index in [2.05, 4.69) is 0 Å². The minimum absolute atomic E-state index is 0.248. The summed E-state index contributed by atoms with van der Waals surface area (Å²) < 4.78 is -1.61. The smallest absolute Gasteiger partial charge is 0.266 e. The number of nitrogens with two attached hydrogens (primary N) is 1. The molecule has 0 aromatic heterocycles. The fraction of sp³-hybridized carbons (Fsp3) is 0.857. The van der Waals surface area contributed by atoms with Crippen molar-refractivity contribution < 1.29 is 25.2 Å². The van der Waals surface area contributed by atoms with E-state index in [1.165, 1.54) is 0 Å². The molecule has 0 aliphatic rings. The van der Waals surface area contributed by atoms with Crippen LogP contribution in [0.3, 0.4) is 0 Å². The van der Waals surface area contributed by atoms with Crippen molar-refractivity contribution in [2.45, 2.75) is 27.6 Å². The first kappa shape index (κ1) is 20.0. The zero-order chi connectivity index (χ0) is 14.2. The van der Waals surface area contributed by atoms with Gasteiger partial charge in [0.2, 0.25) is 0 Å². The van der Waals surface area contributed by atoms with Crippen LogP contribution in [-0.2, 0) is 4.79 Å². The quantitative estimate of drug-likeness (QED) is 0.330. The van der Waals surface area contributed by atoms with Crippen LogP contribution in [0.25, 0.3) is 0 Å². The largest absolute Gasteiger partial charge is 0.394 e. The number of carbonyl (C=O) groups excluding carboxylic acids is 1. The predicted molar refractivity (Wildman–Crippen MR) is 65.3 cm³/mol. The first-order valence-corrected chi connectivity index (χ1v) is 5.67. The number of aldehydes is 1. The summed E-state index contributed by atoms with van der Waals surface area (Å²) in [7, 11) is 0. The van der Waals surface area contributed by atoms with E-state index in [4.69, 9.17) is 72.6 Å². The van der Waals surface area contributed by atoms with E-state index in [9.17, 15) is 4.79 Å². The lowest BCUT2D eigenvalue weighted by Crippen LogP contribution is -2.49. The van der Waals surface area contributed by atoms with Crippen molar-refractivity contribution in [3.63, 3.8) is 0 Å². The molecule has 17 heavy (non-hydrogen) atoms. The summed E-state index contributed by atoms with van der Waals surface area (Å²) in [6.45, 7) is -0.705. The highest BCUT2D eigenvalue weighted by molar-refractivity contribution is 6.83. The van der Waals surface area contributed by atoms with Crippen LogP contribution in [0.1, 0.15) is 0 Å². The Morgan fingerprint density at radius 2 is 1.47 bits per heavy atom. The SMILES string of the molecule is ClC(Cl)(Cl)Cl.N[C@@H](C=O)[C@@H](O)[C@@H](O)[C@H](O)CO. The van der Waals surface area contributed by atoms with Gasteiger partial charge in [0.05, 0.1) is 12.6 Å². The number of hydrogen-bond donors (Lipinski definition) is 5. The third-order valence-electron chi connectivity index (χ3n) is 1.48. The Morgan fingerprint density at radius 3 is 1.71 bits per heavy atom. The fourth-order valence-electron chi connectivity index (χ4n) is 0.644. The number of aliphatic hydroxyl groups excluding tert-OH is 4. The van der Waals surface area contributed by atoms with Gasteiger partial charge in [-0.3, -0.25) is 0 Å². The zero-order valence-corrected chi connectivity index (χ0v) is 11.4. The molecule has 0 aliphatic heterocycles. The van der Waals surface area contributed by atoms with Gasteiger partial charge in [-0.1, -0.05) is 46.4 Å². The molecular formula is C7H13Cl4NO5. The molecule has 6 nitrogen and oxygen atoms in total. The van der Waals surface area contributed by atoms with E-state index >= 15 is 0 Å². The summed E-state index contributed by atoms with van der Waals surface area (Å²) in [6, 6.07) is -1.26. The van der Waals surface area contributed by atoms with Gasteiger partial charge in [0.15, 0.2) is 0 Å². The molecule has 0 saturated heterocycles. The van der Waals surface area contributed by atoms with Gasteiger partial charge in [-0.15, -0.1) is 0 Å². The maximum absolute atomic E-state index is 10.0. The van der Waals surface area contributed by atoms with E-state index in [-0.39, 0.29) is 6.29 Å². The number of rotatable bonds is 5. The van der Waals surface area contributed by atoms with Gasteiger partial charge in [-0.25, -0.2) is 0 Å². The minimum Gasteiger partial charge on any atom is -0.394 e. The summed E-state index contributed by atoms with van der Waals surface area (Å²) in [5, 5.41) is 35.2. The first-order chi connectivity index (χ1) is 7.54. The van der Waals surface area contributed by atoms with Crippen LogP contribution in [0.4, 0.5) is 0 Å². The van der Waals surface area contributed by atoms with Crippen LogP contribution in [0.15, 0.2) is 0 Å². The van der Waals surface area contributed by atoms with Crippen molar-refractivity contribution in [1.82, 2.24) is 0 Å². The number of alkyl halides is 4. The van der Waals surface area contributed by atoms with Crippen molar-refractivity contribution in [2.24, 2.45) is 5.73 Å². The van der Waals surface area contributed by atoms with E-state index in [1.807, 2.05) is 0 Å². The molecule has 0 bridgehead atoms. The number of carbonyl (C=O) groups is 1. The average Bonchev–Trinajstić information content (AvgIpc) is 2.22. The Morgan fingerprint density at radius 1 is 1.12 bits per heavy atom. The molecule has 0 amide bonds. The Labute approximate surface area is 118 Å². The second-order valence-electron chi connectivity index (χ2n) is 2.87. The molecule has 0 fully saturated rings. The lowest BCUT2D eigenvalue weighted by atomic mass is 10.0. The molecule has 0 aliphatic carbocycles. The normalized spacial score (nSPS) is 18.4. The van der Waals surface area contributed by atoms with E-state index in [1.54, 1.807) is 0 Å². The highest BCUT2D eigenvalue weighted by Crippen LogP contribution is 2.29. The van der Waals surface area contributed by atoms with Crippen LogP contribution in [0.2, 0.25) is 0 Å². The molecule has 0 aromatic rings. The molecule has 6 N–H and O–H groups in total. The predicted octanol–water partition coefficient (Wildman–Crippen LogP) is -0.860. The summed E-state index contributed by atoms with van der Waals surface area (Å²) in [5.41, 5.74) is 5.04. The molecular weight excluding hydrogens is 320 g/mol. The summed E-state index contributed by atoms with van der Waals surface area (Å²) >= 11 is 19.3. The Balaban J connectivity index is 0. The van der Waals surface area contributed by atoms with Crippen LogP contribution < -0.4 is 5.73 Å². The Bertz CT molecular complexity index is 209. The standard InChI is InChI=1S/C6H13NO5.CCl4/c7-3(1-8)5(11)6(12)4(10)2-9;2-1(3,4)5/h1,3-6,9-12H,2,7H2;/t3-,4+,5+,6-;/m0./s1. The molecule has 4 atom stereocenters. The van der Waals surface area contributed by atoms with Crippen LogP contribution in [0, 0.1) is 0 Å². The summed E-state index contributed by atoms with van der Waals surface area (Å²) in [4.78, 5) is 10.0. The van der Waals surface area contributed by atoms with Gasteiger partial charge in [0.25, 0.3) is 3.25 Å². The zero-order valence-electron chi connectivity index (χ0n) is 8.38. The number of aliphatic hydroxyl groups is 4. The topological polar surface area (TPSA) is 124 Å². The molecule has 0 aromatic carbocycles. The third-order valence-corrected chi connectivity index (χ3v) is 1.48. The van der Waals surface area contributed by atoms with Gasteiger partial charge in [-0.05, 0) is 0 Å². The van der Waals surface area contributed by atoms with Crippen molar-refractivity contribution in [3.05, 3.63) is 0 Å². The van der Waals surface area contributed by atoms with Crippen molar-refractivity contribution >= 4 is 52.7 Å². The molecule has 0 saturated carbocycles. The van der Waals surface area contributed by atoms with Crippen LogP contribution >= 0.6 is 46.4 Å². The van der Waals surface area contributed by atoms with E-state index in [0.29, 0.717) is 0 Å². The van der Waals surface area contributed by atoms with Gasteiger partial charge in [-0.2, -0.15) is 0 Å². The molecule has 0 heterocycles. The molecule has 0 unspecified atom stereocenters. The Kier molecular flexibility index (Phi) is 11.2. The summed E-state index contributed by atoms with van der Waals surface area (Å²) in [6.07, 6.45) is -4.43. The number of hydrogen-bond acceptors (Lipinski definition) is 6. The van der Waals surface area contributed by atoms with E-state index in [0.717, 1.165) is 0 Å². The third kappa shape index (κ3) is 12.9. The van der Waals surface area contributed by atoms with Crippen molar-refractivity contribution in [2.75, 3.05) is 6.61 Å². The molecule has 0 radical (unpaired) electrons. The van der Waals surface area contributed by atoms with Crippen molar-refractivity contribution in [1.29, 1.82) is 0 Å². The van der Waals surface area contributed by atoms with Gasteiger partial charge in [0.1, 0.15) is 24.6 Å². The first-order valence-electron chi connectivity index (χ1n) is 4.16. The lowest BCUT2D eigenvalue weighted by Gasteiger charge is -2.23. The second-order valence-corrected chi connectivity index (χ2v) is 6.30. The van der Waals surface area contributed by atoms with E-state index < -0.39 is 34.2 Å². The van der Waals surface area contributed by atoms with Gasteiger partial charge in [0, 0.05) is 0 Å². The average molecular weight is 333 g/mol. The highest BCUT2D eigenvalue weighted by Gasteiger charge is 2.28. The molecule has 10 heteroatoms. The maximum Gasteiger partial charge on any atom is 0.266 e. The number of halogens is 4. The lowest BCUT2D eigenvalue weighted by molar-refractivity contribution is -0.118. The summed E-state index contributed by atoms with van der Waals surface area (Å²) in [5.74, 6) is 0. The minimum atomic E-state index is -1.62. The fourth-order valence-corrected chi connectivity index (χ4v) is 0.644. The monoisotopic (exact) mass is 331 g/mol. The van der Waals surface area contributed by atoms with Crippen molar-refractivity contribution in [3.8, 4) is 0 Å². The van der Waals surface area contributed by atoms with Crippen LogP contribution in [-0.4, -0.2) is 60.9 Å². The van der Waals surface area contributed by atoms with Crippen LogP contribution in [0.5, 0.6) is 0 Å². The van der Waals surface area contributed by atoms with Gasteiger partial charge < -0.3 is 31.0 Å². The highest BCUT2D eigenvalue weighted by atomic mass is 35.6. The molecule has 104 valence electrons.